The number of aromatic nitrogens is 1. The third-order valence-electron chi connectivity index (χ3n) is 1.58. The Morgan fingerprint density at radius 1 is 1.60 bits per heavy atom. The number of carboxylic acid groups (broad SMARTS) is 1. The van der Waals surface area contributed by atoms with Crippen molar-refractivity contribution in [3.8, 4) is 0 Å². The standard InChI is InChI=1S/C8H5ClF3NO2/c9-7-3(2-5(14)15)1-4(10)6(13-7)8(11)12/h1,8H,2H2,(H,14,15). The number of aliphatic carboxylic acids is 1. The van der Waals surface area contributed by atoms with E-state index >= 15 is 0 Å². The molecule has 0 radical (unpaired) electrons. The fourth-order valence-corrected chi connectivity index (χ4v) is 1.17. The molecule has 0 fully saturated rings. The minimum Gasteiger partial charge on any atom is -0.481 e. The van der Waals surface area contributed by atoms with Gasteiger partial charge in [0.2, 0.25) is 0 Å². The van der Waals surface area contributed by atoms with Gasteiger partial charge < -0.3 is 5.11 Å². The van der Waals surface area contributed by atoms with Crippen molar-refractivity contribution in [2.75, 3.05) is 0 Å². The Balaban J connectivity index is 3.13. The Bertz CT molecular complexity index is 398. The minimum atomic E-state index is -3.08. The van der Waals surface area contributed by atoms with Crippen LogP contribution < -0.4 is 0 Å². The summed E-state index contributed by atoms with van der Waals surface area (Å²) in [6.45, 7) is 0. The average molecular weight is 240 g/mol. The van der Waals surface area contributed by atoms with Crippen LogP contribution in [0.3, 0.4) is 0 Å². The van der Waals surface area contributed by atoms with E-state index in [0.29, 0.717) is 6.07 Å². The first kappa shape index (κ1) is 11.8. The van der Waals surface area contributed by atoms with E-state index in [4.69, 9.17) is 16.7 Å². The molecule has 82 valence electrons. The van der Waals surface area contributed by atoms with Crippen LogP contribution in [0.2, 0.25) is 5.15 Å². The van der Waals surface area contributed by atoms with E-state index in [1.807, 2.05) is 0 Å². The monoisotopic (exact) mass is 239 g/mol. The molecule has 15 heavy (non-hydrogen) atoms. The first-order valence-corrected chi connectivity index (χ1v) is 4.14. The third kappa shape index (κ3) is 2.82. The molecule has 7 heteroatoms. The minimum absolute atomic E-state index is 0.133. The van der Waals surface area contributed by atoms with Gasteiger partial charge in [0.25, 0.3) is 6.43 Å². The highest BCUT2D eigenvalue weighted by molar-refractivity contribution is 6.30. The highest BCUT2D eigenvalue weighted by Gasteiger charge is 2.19. The van der Waals surface area contributed by atoms with E-state index in [1.54, 1.807) is 0 Å². The SMILES string of the molecule is O=C(O)Cc1cc(F)c(C(F)F)nc1Cl. The van der Waals surface area contributed by atoms with Crippen molar-refractivity contribution in [3.05, 3.63) is 28.3 Å². The Labute approximate surface area is 87.5 Å². The maximum Gasteiger partial charge on any atom is 0.307 e. The van der Waals surface area contributed by atoms with Crippen LogP contribution in [0.5, 0.6) is 0 Å². The number of rotatable bonds is 3. The van der Waals surface area contributed by atoms with E-state index in [1.165, 1.54) is 0 Å². The fraction of sp³-hybridized carbons (Fsp3) is 0.250. The molecule has 1 rings (SSSR count). The molecule has 0 atom stereocenters. The zero-order valence-corrected chi connectivity index (χ0v) is 7.93. The van der Waals surface area contributed by atoms with Crippen molar-refractivity contribution >= 4 is 17.6 Å². The molecule has 1 N–H and O–H groups in total. The predicted octanol–water partition coefficient (Wildman–Crippen LogP) is 2.44. The smallest absolute Gasteiger partial charge is 0.307 e. The molecular formula is C8H5ClF3NO2. The number of pyridine rings is 1. The van der Waals surface area contributed by atoms with E-state index < -0.39 is 35.5 Å². The van der Waals surface area contributed by atoms with Crippen LogP contribution in [-0.2, 0) is 11.2 Å². The predicted molar refractivity (Wildman–Crippen MR) is 45.5 cm³/mol. The van der Waals surface area contributed by atoms with Crippen molar-refractivity contribution in [2.45, 2.75) is 12.8 Å². The molecule has 1 aromatic rings. The highest BCUT2D eigenvalue weighted by atomic mass is 35.5. The van der Waals surface area contributed by atoms with Gasteiger partial charge in [-0.2, -0.15) is 0 Å². The molecule has 0 unspecified atom stereocenters. The maximum absolute atomic E-state index is 12.9. The summed E-state index contributed by atoms with van der Waals surface area (Å²) >= 11 is 5.42. The van der Waals surface area contributed by atoms with E-state index in [0.717, 1.165) is 0 Å². The molecule has 0 aliphatic heterocycles. The summed E-state index contributed by atoms with van der Waals surface area (Å²) in [5.41, 5.74) is -1.21. The van der Waals surface area contributed by atoms with Crippen LogP contribution in [0.1, 0.15) is 17.7 Å². The van der Waals surface area contributed by atoms with Gasteiger partial charge in [0.15, 0.2) is 5.82 Å². The quantitative estimate of drug-likeness (QED) is 0.824. The van der Waals surface area contributed by atoms with Gasteiger partial charge in [0.1, 0.15) is 10.8 Å². The van der Waals surface area contributed by atoms with Crippen LogP contribution in [0.25, 0.3) is 0 Å². The second kappa shape index (κ2) is 4.48. The van der Waals surface area contributed by atoms with Crippen molar-refractivity contribution in [2.24, 2.45) is 0 Å². The summed E-state index contributed by atoms with van der Waals surface area (Å²) in [6, 6.07) is 0.658. The van der Waals surface area contributed by atoms with Crippen LogP contribution in [-0.4, -0.2) is 16.1 Å². The van der Waals surface area contributed by atoms with Gasteiger partial charge in [-0.15, -0.1) is 0 Å². The van der Waals surface area contributed by atoms with Crippen molar-refractivity contribution in [1.29, 1.82) is 0 Å². The van der Waals surface area contributed by atoms with Crippen molar-refractivity contribution < 1.29 is 23.1 Å². The Kier molecular flexibility index (Phi) is 3.52. The molecule has 0 aromatic carbocycles. The maximum atomic E-state index is 12.9. The van der Waals surface area contributed by atoms with Gasteiger partial charge >= 0.3 is 5.97 Å². The molecule has 0 saturated heterocycles. The third-order valence-corrected chi connectivity index (χ3v) is 1.90. The Morgan fingerprint density at radius 3 is 2.67 bits per heavy atom. The molecule has 0 amide bonds. The van der Waals surface area contributed by atoms with Crippen LogP contribution in [0.4, 0.5) is 13.2 Å². The summed E-state index contributed by atoms with van der Waals surface area (Å²) < 4.78 is 37.2. The molecule has 0 bridgehead atoms. The molecule has 3 nitrogen and oxygen atoms in total. The van der Waals surface area contributed by atoms with Crippen molar-refractivity contribution in [1.82, 2.24) is 4.98 Å². The van der Waals surface area contributed by atoms with Crippen molar-refractivity contribution in [3.63, 3.8) is 0 Å². The lowest BCUT2D eigenvalue weighted by atomic mass is 10.2. The summed E-state index contributed by atoms with van der Waals surface area (Å²) in [7, 11) is 0. The number of nitrogens with zero attached hydrogens (tertiary/aromatic N) is 1. The highest BCUT2D eigenvalue weighted by Crippen LogP contribution is 2.24. The molecule has 0 aliphatic rings. The lowest BCUT2D eigenvalue weighted by Gasteiger charge is -2.05. The zero-order chi connectivity index (χ0) is 11.6. The van der Waals surface area contributed by atoms with Gasteiger partial charge in [-0.05, 0) is 6.07 Å². The van der Waals surface area contributed by atoms with E-state index in [9.17, 15) is 18.0 Å². The van der Waals surface area contributed by atoms with Crippen LogP contribution in [0.15, 0.2) is 6.07 Å². The fourth-order valence-electron chi connectivity index (χ4n) is 0.957. The molecule has 1 aromatic heterocycles. The molecular weight excluding hydrogens is 235 g/mol. The number of hydrogen-bond donors (Lipinski definition) is 1. The van der Waals surface area contributed by atoms with Gasteiger partial charge in [-0.3, -0.25) is 4.79 Å². The van der Waals surface area contributed by atoms with Gasteiger partial charge in [0, 0.05) is 5.56 Å². The van der Waals surface area contributed by atoms with Gasteiger partial charge in [-0.1, -0.05) is 11.6 Å². The first-order chi connectivity index (χ1) is 6.91. The van der Waals surface area contributed by atoms with E-state index in [-0.39, 0.29) is 5.56 Å². The number of hydrogen-bond acceptors (Lipinski definition) is 2. The summed E-state index contributed by atoms with van der Waals surface area (Å²) in [6.07, 6.45) is -3.65. The topological polar surface area (TPSA) is 50.2 Å². The van der Waals surface area contributed by atoms with Gasteiger partial charge in [0.05, 0.1) is 6.42 Å². The largest absolute Gasteiger partial charge is 0.481 e. The summed E-state index contributed by atoms with van der Waals surface area (Å²) in [5, 5.41) is 7.98. The van der Waals surface area contributed by atoms with E-state index in [2.05, 4.69) is 4.98 Å². The molecule has 0 aliphatic carbocycles. The van der Waals surface area contributed by atoms with Crippen LogP contribution >= 0.6 is 11.6 Å². The number of alkyl halides is 2. The second-order valence-electron chi connectivity index (χ2n) is 2.68. The molecule has 1 heterocycles. The lowest BCUT2D eigenvalue weighted by Crippen LogP contribution is -2.05. The number of carboxylic acids is 1. The zero-order valence-electron chi connectivity index (χ0n) is 7.18. The first-order valence-electron chi connectivity index (χ1n) is 3.76. The second-order valence-corrected chi connectivity index (χ2v) is 3.03. The van der Waals surface area contributed by atoms with Crippen LogP contribution in [0, 0.1) is 5.82 Å². The summed E-state index contributed by atoms with van der Waals surface area (Å²) in [5.74, 6) is -2.51. The summed E-state index contributed by atoms with van der Waals surface area (Å²) in [4.78, 5) is 13.4. The average Bonchev–Trinajstić information content (AvgIpc) is 2.09. The molecule has 0 saturated carbocycles. The number of halogens is 4. The Hall–Kier alpha value is -1.30. The lowest BCUT2D eigenvalue weighted by molar-refractivity contribution is -0.136. The number of carbonyl (C=O) groups is 1. The van der Waals surface area contributed by atoms with Gasteiger partial charge in [-0.25, -0.2) is 18.2 Å². The normalized spacial score (nSPS) is 10.7. The Morgan fingerprint density at radius 2 is 2.20 bits per heavy atom. The molecule has 0 spiro atoms.